The van der Waals surface area contributed by atoms with Crippen LogP contribution in [0.1, 0.15) is 57.0 Å². The van der Waals surface area contributed by atoms with E-state index in [1.165, 1.54) is 24.5 Å². The van der Waals surface area contributed by atoms with Crippen LogP contribution in [0, 0.1) is 5.92 Å². The van der Waals surface area contributed by atoms with Gasteiger partial charge in [-0.25, -0.2) is 14.8 Å². The first-order valence-electron chi connectivity index (χ1n) is 14.0. The number of hydrogen-bond donors (Lipinski definition) is 3. The fraction of sp³-hybridized carbons (Fsp3) is 0.448. The van der Waals surface area contributed by atoms with Crippen LogP contribution in [0.15, 0.2) is 35.0 Å². The number of furan rings is 1. The zero-order valence-electron chi connectivity index (χ0n) is 24.1. The Balaban J connectivity index is 1.36. The first-order chi connectivity index (χ1) is 20.5. The molecule has 0 aromatic carbocycles. The average Bonchev–Trinajstić information content (AvgIpc) is 3.31. The van der Waals surface area contributed by atoms with E-state index in [1.54, 1.807) is 26.8 Å². The number of aromatic nitrogens is 2. The van der Waals surface area contributed by atoms with E-state index in [0.29, 0.717) is 43.9 Å². The molecular weight excluding hydrogens is 580 g/mol. The predicted molar refractivity (Wildman–Crippen MR) is 158 cm³/mol. The van der Waals surface area contributed by atoms with Gasteiger partial charge >= 0.3 is 6.09 Å². The summed E-state index contributed by atoms with van der Waals surface area (Å²) in [5, 5.41) is 8.49. The van der Waals surface area contributed by atoms with Gasteiger partial charge in [0, 0.05) is 30.8 Å². The number of amides is 4. The van der Waals surface area contributed by atoms with Crippen molar-refractivity contribution in [1.29, 1.82) is 0 Å². The molecule has 2 fully saturated rings. The number of halogens is 1. The molecule has 3 aromatic heterocycles. The minimum absolute atomic E-state index is 0.0264. The summed E-state index contributed by atoms with van der Waals surface area (Å²) in [7, 11) is 0. The van der Waals surface area contributed by atoms with E-state index in [-0.39, 0.29) is 64.4 Å². The third-order valence-corrected chi connectivity index (χ3v) is 7.35. The van der Waals surface area contributed by atoms with Crippen LogP contribution in [-0.2, 0) is 19.1 Å². The SMILES string of the molecule is CC(C)(C)OC(=O)Nc1cnc2c(NC(=O)C3CCC(N4CCOCC4=O)CC3)c(C(=O)Nc3ccc(Cl)cn3)oc2c1. The van der Waals surface area contributed by atoms with E-state index >= 15 is 0 Å². The topological polar surface area (TPSA) is 165 Å². The van der Waals surface area contributed by atoms with Crippen molar-refractivity contribution in [3.63, 3.8) is 0 Å². The normalized spacial score (nSPS) is 19.2. The number of carbonyl (C=O) groups excluding carboxylic acids is 4. The number of ether oxygens (including phenoxy) is 2. The molecule has 1 saturated carbocycles. The van der Waals surface area contributed by atoms with Crippen molar-refractivity contribution < 1.29 is 33.1 Å². The smallest absolute Gasteiger partial charge is 0.412 e. The highest BCUT2D eigenvalue weighted by atomic mass is 35.5. The molecule has 13 nitrogen and oxygen atoms in total. The van der Waals surface area contributed by atoms with E-state index in [9.17, 15) is 19.2 Å². The monoisotopic (exact) mass is 612 g/mol. The average molecular weight is 613 g/mol. The second kappa shape index (κ2) is 12.6. The molecule has 3 N–H and O–H groups in total. The molecule has 0 unspecified atom stereocenters. The van der Waals surface area contributed by atoms with Crippen LogP contribution in [0.4, 0.5) is 22.0 Å². The van der Waals surface area contributed by atoms with Crippen molar-refractivity contribution in [3.8, 4) is 0 Å². The number of nitrogens with one attached hydrogen (secondary N) is 3. The molecule has 0 bridgehead atoms. The fourth-order valence-electron chi connectivity index (χ4n) is 5.16. The zero-order chi connectivity index (χ0) is 30.7. The van der Waals surface area contributed by atoms with Crippen molar-refractivity contribution in [1.82, 2.24) is 14.9 Å². The second-order valence-corrected chi connectivity index (χ2v) is 11.9. The summed E-state index contributed by atoms with van der Waals surface area (Å²) in [6.07, 6.45) is 4.59. The summed E-state index contributed by atoms with van der Waals surface area (Å²) >= 11 is 5.91. The molecule has 0 spiro atoms. The van der Waals surface area contributed by atoms with Crippen LogP contribution in [0.25, 0.3) is 11.1 Å². The van der Waals surface area contributed by atoms with Gasteiger partial charge in [0.25, 0.3) is 5.91 Å². The Bertz CT molecular complexity index is 1530. The van der Waals surface area contributed by atoms with Crippen molar-refractivity contribution in [2.45, 2.75) is 58.1 Å². The lowest BCUT2D eigenvalue weighted by atomic mass is 9.84. The minimum Gasteiger partial charge on any atom is -0.447 e. The summed E-state index contributed by atoms with van der Waals surface area (Å²) in [4.78, 5) is 61.6. The molecule has 3 aromatic rings. The van der Waals surface area contributed by atoms with E-state index in [1.807, 2.05) is 4.90 Å². The highest BCUT2D eigenvalue weighted by Crippen LogP contribution is 2.34. The first kappa shape index (κ1) is 30.2. The lowest BCUT2D eigenvalue weighted by Gasteiger charge is -2.38. The van der Waals surface area contributed by atoms with Crippen molar-refractivity contribution >= 4 is 63.7 Å². The van der Waals surface area contributed by atoms with E-state index in [4.69, 9.17) is 25.5 Å². The molecule has 2 aliphatic rings. The maximum atomic E-state index is 13.5. The largest absolute Gasteiger partial charge is 0.447 e. The van der Waals surface area contributed by atoms with E-state index < -0.39 is 17.6 Å². The molecule has 4 heterocycles. The van der Waals surface area contributed by atoms with Gasteiger partial charge in [-0.15, -0.1) is 0 Å². The maximum absolute atomic E-state index is 13.5. The summed E-state index contributed by atoms with van der Waals surface area (Å²) in [5.41, 5.74) is 0.0515. The Kier molecular flexibility index (Phi) is 8.83. The molecule has 0 radical (unpaired) electrons. The van der Waals surface area contributed by atoms with Gasteiger partial charge in [0.15, 0.2) is 5.58 Å². The number of pyridine rings is 2. The van der Waals surface area contributed by atoms with Gasteiger partial charge in [0.2, 0.25) is 17.6 Å². The summed E-state index contributed by atoms with van der Waals surface area (Å²) in [5.74, 6) is -1.27. The highest BCUT2D eigenvalue weighted by molar-refractivity contribution is 6.30. The maximum Gasteiger partial charge on any atom is 0.412 e. The quantitative estimate of drug-likeness (QED) is 0.353. The summed E-state index contributed by atoms with van der Waals surface area (Å²) < 4.78 is 16.4. The lowest BCUT2D eigenvalue weighted by Crippen LogP contribution is -2.49. The molecule has 0 atom stereocenters. The van der Waals surface area contributed by atoms with Gasteiger partial charge in [0.05, 0.1) is 23.5 Å². The van der Waals surface area contributed by atoms with Crippen molar-refractivity contribution in [3.05, 3.63) is 41.4 Å². The third kappa shape index (κ3) is 7.41. The van der Waals surface area contributed by atoms with Crippen LogP contribution >= 0.6 is 11.6 Å². The molecule has 1 aliphatic heterocycles. The van der Waals surface area contributed by atoms with Gasteiger partial charge in [-0.05, 0) is 58.6 Å². The van der Waals surface area contributed by atoms with Gasteiger partial charge in [-0.1, -0.05) is 11.6 Å². The number of fused-ring (bicyclic) bond motifs is 1. The molecule has 1 aliphatic carbocycles. The van der Waals surface area contributed by atoms with Crippen LogP contribution in [0.2, 0.25) is 5.02 Å². The Morgan fingerprint density at radius 2 is 1.81 bits per heavy atom. The van der Waals surface area contributed by atoms with Crippen LogP contribution in [0.5, 0.6) is 0 Å². The Hall–Kier alpha value is -4.23. The number of nitrogens with zero attached hydrogens (tertiary/aromatic N) is 3. The Labute approximate surface area is 252 Å². The summed E-state index contributed by atoms with van der Waals surface area (Å²) in [6.45, 7) is 6.38. The molecule has 4 amide bonds. The van der Waals surface area contributed by atoms with Gasteiger partial charge in [-0.3, -0.25) is 19.7 Å². The second-order valence-electron chi connectivity index (χ2n) is 11.5. The summed E-state index contributed by atoms with van der Waals surface area (Å²) in [6, 6.07) is 4.66. The lowest BCUT2D eigenvalue weighted by molar-refractivity contribution is -0.146. The van der Waals surface area contributed by atoms with Crippen LogP contribution in [-0.4, -0.2) is 70.1 Å². The predicted octanol–water partition coefficient (Wildman–Crippen LogP) is 4.83. The van der Waals surface area contributed by atoms with Crippen LogP contribution < -0.4 is 16.0 Å². The fourth-order valence-corrected chi connectivity index (χ4v) is 5.27. The van der Waals surface area contributed by atoms with Crippen molar-refractivity contribution in [2.24, 2.45) is 5.92 Å². The van der Waals surface area contributed by atoms with E-state index in [2.05, 4.69) is 25.9 Å². The number of anilines is 3. The Morgan fingerprint density at radius 3 is 2.49 bits per heavy atom. The minimum atomic E-state index is -0.707. The van der Waals surface area contributed by atoms with Gasteiger partial charge in [0.1, 0.15) is 29.2 Å². The molecule has 43 heavy (non-hydrogen) atoms. The first-order valence-corrected chi connectivity index (χ1v) is 14.4. The third-order valence-electron chi connectivity index (χ3n) is 7.13. The highest BCUT2D eigenvalue weighted by Gasteiger charge is 2.34. The van der Waals surface area contributed by atoms with Crippen molar-refractivity contribution in [2.75, 3.05) is 35.7 Å². The standard InChI is InChI=1S/C29H33ClN6O7/c1-29(2,3)43-28(40)33-18-12-20-23(32-14-18)24(25(42-20)27(39)34-21-9-6-17(30)13-31-21)35-26(38)16-4-7-19(8-5-16)36-10-11-41-15-22(36)37/h6,9,12-14,16,19H,4-5,7-8,10-11,15H2,1-3H3,(H,33,40)(H,35,38)(H,31,34,39). The molecule has 1 saturated heterocycles. The van der Waals surface area contributed by atoms with Gasteiger partial charge in [-0.2, -0.15) is 0 Å². The van der Waals surface area contributed by atoms with Gasteiger partial charge < -0.3 is 29.4 Å². The van der Waals surface area contributed by atoms with Crippen LogP contribution in [0.3, 0.4) is 0 Å². The number of carbonyl (C=O) groups is 4. The zero-order valence-corrected chi connectivity index (χ0v) is 24.8. The molecule has 228 valence electrons. The molecule has 5 rings (SSSR count). The Morgan fingerprint density at radius 1 is 1.05 bits per heavy atom. The number of hydrogen-bond acceptors (Lipinski definition) is 9. The van der Waals surface area contributed by atoms with E-state index in [0.717, 1.165) is 0 Å². The molecule has 14 heteroatoms. The number of rotatable bonds is 6. The molecular formula is C29H33ClN6O7. The number of morpholine rings is 1.